The summed E-state index contributed by atoms with van der Waals surface area (Å²) < 4.78 is 15.9. The normalized spacial score (nSPS) is 21.2. The zero-order chi connectivity index (χ0) is 43.5. The molecule has 0 aliphatic carbocycles. The second-order valence-corrected chi connectivity index (χ2v) is 16.9. The van der Waals surface area contributed by atoms with E-state index in [1.807, 2.05) is 76.2 Å². The van der Waals surface area contributed by atoms with Crippen LogP contribution in [0.4, 0.5) is 21.0 Å². The van der Waals surface area contributed by atoms with Gasteiger partial charge in [-0.2, -0.15) is 0 Å². The molecule has 4 heterocycles. The standard InChI is InChI=1S/C46H56N6O9/c1-25(2)39(49-45(57)59-5)43(55)51-23-7-9-33(51)41(53)47-29-15-11-27(12-16-29)31-19-20-32(38-36-22-21-35(61-36)37(31)38)28-13-17-30(18-14-28)48-42(54)34-10-8-24-52(34)44(56)40(26(3)4)50-46(58)60-6/h11-20,25-26,33-36,39-40H,7-10,21-24H2,1-6H3,(H,47,53)(H,48,54)(H,49,57)(H,50,58)/t33-,34-,35?,36?,39-,40-/m0/s1. The van der Waals surface area contributed by atoms with E-state index in [0.717, 1.165) is 46.2 Å². The SMILES string of the molecule is COC(=O)N[C@H](C(=O)N1CCC[C@H]1C(=O)Nc1ccc(-c2ccc(-c3ccc(NC(=O)[C@@H]4CCCN4C(=O)[C@@H](NC(=O)OC)C(C)C)cc3)c3c2C2CCC3O2)cc1)C(C)C. The van der Waals surface area contributed by atoms with Gasteiger partial charge in [-0.15, -0.1) is 0 Å². The Morgan fingerprint density at radius 2 is 0.951 bits per heavy atom. The number of fused-ring (bicyclic) bond motifs is 5. The minimum absolute atomic E-state index is 0.0303. The first kappa shape index (κ1) is 43.1. The van der Waals surface area contributed by atoms with Gasteiger partial charge >= 0.3 is 12.2 Å². The second-order valence-electron chi connectivity index (χ2n) is 16.9. The Morgan fingerprint density at radius 1 is 0.574 bits per heavy atom. The number of hydrogen-bond donors (Lipinski definition) is 4. The van der Waals surface area contributed by atoms with Gasteiger partial charge in [0.1, 0.15) is 24.2 Å². The Kier molecular flexibility index (Phi) is 13.0. The lowest BCUT2D eigenvalue weighted by atomic mass is 9.81. The number of hydrogen-bond acceptors (Lipinski definition) is 9. The molecule has 4 aliphatic rings. The monoisotopic (exact) mass is 836 g/mol. The summed E-state index contributed by atoms with van der Waals surface area (Å²) in [6.07, 6.45) is 2.81. The number of nitrogens with one attached hydrogen (secondary N) is 4. The summed E-state index contributed by atoms with van der Waals surface area (Å²) in [4.78, 5) is 81.0. The van der Waals surface area contributed by atoms with E-state index in [1.165, 1.54) is 14.2 Å². The first-order valence-electron chi connectivity index (χ1n) is 21.2. The lowest BCUT2D eigenvalue weighted by Crippen LogP contribution is -2.54. The Hall–Kier alpha value is -5.96. The van der Waals surface area contributed by atoms with E-state index in [-0.39, 0.29) is 47.7 Å². The van der Waals surface area contributed by atoms with Crippen molar-refractivity contribution in [2.24, 2.45) is 11.8 Å². The van der Waals surface area contributed by atoms with Crippen molar-refractivity contribution in [1.29, 1.82) is 0 Å². The van der Waals surface area contributed by atoms with Gasteiger partial charge in [0.05, 0.1) is 26.4 Å². The molecule has 0 aromatic heterocycles. The number of amides is 6. The zero-order valence-corrected chi connectivity index (χ0v) is 35.6. The minimum Gasteiger partial charge on any atom is -0.453 e. The number of carbonyl (C=O) groups excluding carboxylic acids is 6. The third-order valence-electron chi connectivity index (χ3n) is 12.3. The molecule has 0 radical (unpaired) electrons. The Morgan fingerprint density at radius 3 is 1.30 bits per heavy atom. The van der Waals surface area contributed by atoms with Gasteiger partial charge in [-0.05, 0) is 108 Å². The van der Waals surface area contributed by atoms with Crippen molar-refractivity contribution in [3.63, 3.8) is 0 Å². The fourth-order valence-corrected chi connectivity index (χ4v) is 9.18. The number of alkyl carbamates (subject to hydrolysis) is 2. The molecule has 4 aliphatic heterocycles. The van der Waals surface area contributed by atoms with Gasteiger partial charge in [0.25, 0.3) is 0 Å². The Balaban J connectivity index is 1.03. The van der Waals surface area contributed by atoms with Gasteiger partial charge in [0, 0.05) is 24.5 Å². The number of likely N-dealkylation sites (tertiary alicyclic amines) is 2. The van der Waals surface area contributed by atoms with Crippen LogP contribution in [-0.4, -0.2) is 97.1 Å². The van der Waals surface area contributed by atoms with E-state index in [4.69, 9.17) is 14.2 Å². The van der Waals surface area contributed by atoms with Crippen LogP contribution in [0.5, 0.6) is 0 Å². The fraction of sp³-hybridized carbons (Fsp3) is 0.478. The van der Waals surface area contributed by atoms with Crippen LogP contribution < -0.4 is 21.3 Å². The van der Waals surface area contributed by atoms with E-state index >= 15 is 0 Å². The molecule has 6 atom stereocenters. The molecular weight excluding hydrogens is 781 g/mol. The van der Waals surface area contributed by atoms with Crippen molar-refractivity contribution in [2.75, 3.05) is 37.9 Å². The van der Waals surface area contributed by atoms with Crippen molar-refractivity contribution < 1.29 is 43.0 Å². The van der Waals surface area contributed by atoms with E-state index in [0.29, 0.717) is 50.1 Å². The van der Waals surface area contributed by atoms with Crippen LogP contribution in [0.25, 0.3) is 22.3 Å². The first-order valence-corrected chi connectivity index (χ1v) is 21.2. The lowest BCUT2D eigenvalue weighted by Gasteiger charge is -2.30. The third kappa shape index (κ3) is 8.93. The molecule has 324 valence electrons. The predicted octanol–water partition coefficient (Wildman–Crippen LogP) is 6.55. The maximum Gasteiger partial charge on any atom is 0.407 e. The summed E-state index contributed by atoms with van der Waals surface area (Å²) >= 11 is 0. The number of rotatable bonds is 12. The van der Waals surface area contributed by atoms with E-state index in [1.54, 1.807) is 9.80 Å². The maximum atomic E-state index is 13.5. The average Bonchev–Trinajstić information content (AvgIpc) is 4.10. The van der Waals surface area contributed by atoms with Crippen molar-refractivity contribution in [2.45, 2.75) is 103 Å². The number of carbonyl (C=O) groups is 6. The van der Waals surface area contributed by atoms with Gasteiger partial charge in [0.15, 0.2) is 0 Å². The number of nitrogens with zero attached hydrogens (tertiary/aromatic N) is 2. The molecule has 3 fully saturated rings. The molecule has 0 spiro atoms. The van der Waals surface area contributed by atoms with Crippen molar-refractivity contribution in [3.05, 3.63) is 71.8 Å². The summed E-state index contributed by atoms with van der Waals surface area (Å²) in [5.41, 5.74) is 7.66. The molecule has 7 rings (SSSR count). The van der Waals surface area contributed by atoms with Crippen LogP contribution in [0, 0.1) is 11.8 Å². The molecule has 15 nitrogen and oxygen atoms in total. The number of anilines is 2. The predicted molar refractivity (Wildman–Crippen MR) is 228 cm³/mol. The number of methoxy groups -OCH3 is 2. The van der Waals surface area contributed by atoms with Crippen LogP contribution in [0.15, 0.2) is 60.7 Å². The molecule has 3 saturated heterocycles. The van der Waals surface area contributed by atoms with Crippen molar-refractivity contribution in [3.8, 4) is 22.3 Å². The molecule has 6 amide bonds. The smallest absolute Gasteiger partial charge is 0.407 e. The highest BCUT2D eigenvalue weighted by Gasteiger charge is 2.43. The minimum atomic E-state index is -0.809. The van der Waals surface area contributed by atoms with Gasteiger partial charge in [-0.3, -0.25) is 19.2 Å². The van der Waals surface area contributed by atoms with Crippen LogP contribution in [0.3, 0.4) is 0 Å². The van der Waals surface area contributed by atoms with E-state index in [2.05, 4.69) is 33.4 Å². The molecule has 4 N–H and O–H groups in total. The topological polar surface area (TPSA) is 185 Å². The highest BCUT2D eigenvalue weighted by atomic mass is 16.5. The fourth-order valence-electron chi connectivity index (χ4n) is 9.18. The van der Waals surface area contributed by atoms with Crippen molar-refractivity contribution >= 4 is 47.2 Å². The van der Waals surface area contributed by atoms with Gasteiger partial charge in [-0.1, -0.05) is 64.1 Å². The van der Waals surface area contributed by atoms with Crippen LogP contribution in [-0.2, 0) is 33.4 Å². The second kappa shape index (κ2) is 18.3. The summed E-state index contributed by atoms with van der Waals surface area (Å²) in [7, 11) is 2.50. The molecule has 0 saturated carbocycles. The molecule has 15 heteroatoms. The Labute approximate surface area is 356 Å². The van der Waals surface area contributed by atoms with Crippen LogP contribution in [0.2, 0.25) is 0 Å². The Bertz CT molecular complexity index is 2010. The van der Waals surface area contributed by atoms with E-state index in [9.17, 15) is 28.8 Å². The third-order valence-corrected chi connectivity index (χ3v) is 12.3. The van der Waals surface area contributed by atoms with Gasteiger partial charge in [0.2, 0.25) is 23.6 Å². The molecule has 61 heavy (non-hydrogen) atoms. The molecule has 3 aromatic carbocycles. The zero-order valence-electron chi connectivity index (χ0n) is 35.6. The van der Waals surface area contributed by atoms with Crippen molar-refractivity contribution in [1.82, 2.24) is 20.4 Å². The van der Waals surface area contributed by atoms with Crippen LogP contribution >= 0.6 is 0 Å². The quantitative estimate of drug-likeness (QED) is 0.157. The molecule has 2 unspecified atom stereocenters. The van der Waals surface area contributed by atoms with E-state index < -0.39 is 36.4 Å². The molecular formula is C46H56N6O9. The lowest BCUT2D eigenvalue weighted by molar-refractivity contribution is -0.139. The average molecular weight is 837 g/mol. The summed E-state index contributed by atoms with van der Waals surface area (Å²) in [5, 5.41) is 11.2. The maximum absolute atomic E-state index is 13.5. The largest absolute Gasteiger partial charge is 0.453 e. The van der Waals surface area contributed by atoms with Gasteiger partial charge in [-0.25, -0.2) is 9.59 Å². The summed E-state index contributed by atoms with van der Waals surface area (Å²) in [5.74, 6) is -1.56. The number of benzene rings is 3. The summed E-state index contributed by atoms with van der Waals surface area (Å²) in [6, 6.07) is 16.7. The summed E-state index contributed by atoms with van der Waals surface area (Å²) in [6.45, 7) is 8.20. The first-order chi connectivity index (χ1) is 29.3. The highest BCUT2D eigenvalue weighted by Crippen LogP contribution is 2.56. The molecule has 3 aromatic rings. The molecule has 2 bridgehead atoms. The number of ether oxygens (including phenoxy) is 3. The van der Waals surface area contributed by atoms with Crippen LogP contribution in [0.1, 0.15) is 89.6 Å². The van der Waals surface area contributed by atoms with Gasteiger partial charge < -0.3 is 45.3 Å². The highest BCUT2D eigenvalue weighted by molar-refractivity contribution is 6.00.